The third-order valence-electron chi connectivity index (χ3n) is 5.34. The van der Waals surface area contributed by atoms with Gasteiger partial charge in [0.15, 0.2) is 12.4 Å². The Morgan fingerprint density at radius 3 is 2.71 bits per heavy atom. The Balaban J connectivity index is 1.33. The minimum Gasteiger partial charge on any atom is -0.497 e. The fourth-order valence-corrected chi connectivity index (χ4v) is 3.66. The van der Waals surface area contributed by atoms with Crippen molar-refractivity contribution in [2.24, 2.45) is 10.9 Å². The van der Waals surface area contributed by atoms with Gasteiger partial charge in [-0.3, -0.25) is 4.90 Å². The molecule has 7 heteroatoms. The van der Waals surface area contributed by atoms with E-state index in [1.54, 1.807) is 13.4 Å². The van der Waals surface area contributed by atoms with Crippen molar-refractivity contribution in [2.45, 2.75) is 32.4 Å². The maximum atomic E-state index is 6.14. The van der Waals surface area contributed by atoms with Crippen LogP contribution in [0, 0.1) is 0 Å². The van der Waals surface area contributed by atoms with Crippen LogP contribution in [0.25, 0.3) is 11.5 Å². The molecule has 0 radical (unpaired) electrons. The highest BCUT2D eigenvalue weighted by Gasteiger charge is 2.11. The van der Waals surface area contributed by atoms with Crippen LogP contribution in [-0.2, 0) is 18.0 Å². The Morgan fingerprint density at radius 1 is 1.13 bits per heavy atom. The number of methoxy groups -OCH3 is 1. The number of piperidine rings is 1. The molecule has 0 unspecified atom stereocenters. The lowest BCUT2D eigenvalue weighted by molar-refractivity contribution is 0.127. The summed E-state index contributed by atoms with van der Waals surface area (Å²) in [4.78, 5) is 12.3. The molecule has 0 amide bonds. The van der Waals surface area contributed by atoms with Gasteiger partial charge in [-0.1, -0.05) is 29.8 Å². The lowest BCUT2D eigenvalue weighted by Gasteiger charge is -2.26. The average Bonchev–Trinajstić information content (AvgIpc) is 3.29. The number of nitrogens with two attached hydrogens (primary N) is 1. The molecule has 1 saturated heterocycles. The Hall–Kier alpha value is -3.32. The van der Waals surface area contributed by atoms with Crippen molar-refractivity contribution >= 4 is 5.84 Å². The van der Waals surface area contributed by atoms with E-state index in [1.807, 2.05) is 36.4 Å². The zero-order valence-corrected chi connectivity index (χ0v) is 17.8. The minimum absolute atomic E-state index is 0.174. The molecule has 0 bridgehead atoms. The number of amidine groups is 1. The van der Waals surface area contributed by atoms with Crippen LogP contribution in [0.5, 0.6) is 5.75 Å². The molecule has 7 nitrogen and oxygen atoms in total. The van der Waals surface area contributed by atoms with E-state index in [-0.39, 0.29) is 6.61 Å². The lowest BCUT2D eigenvalue weighted by Crippen LogP contribution is -2.29. The Bertz CT molecular complexity index is 1010. The van der Waals surface area contributed by atoms with Gasteiger partial charge in [0, 0.05) is 17.7 Å². The number of ether oxygens (including phenoxy) is 1. The van der Waals surface area contributed by atoms with Gasteiger partial charge in [-0.25, -0.2) is 4.98 Å². The molecule has 3 aromatic rings. The normalized spacial score (nSPS) is 15.1. The molecule has 0 spiro atoms. The van der Waals surface area contributed by atoms with Gasteiger partial charge in [0.1, 0.15) is 17.7 Å². The first-order chi connectivity index (χ1) is 15.2. The van der Waals surface area contributed by atoms with Crippen LogP contribution in [0.4, 0.5) is 0 Å². The van der Waals surface area contributed by atoms with Crippen molar-refractivity contribution in [3.63, 3.8) is 0 Å². The summed E-state index contributed by atoms with van der Waals surface area (Å²) in [7, 11) is 1.63. The summed E-state index contributed by atoms with van der Waals surface area (Å²) in [6.07, 6.45) is 5.45. The Kier molecular flexibility index (Phi) is 6.84. The first kappa shape index (κ1) is 20.9. The highest BCUT2D eigenvalue weighted by Crippen LogP contribution is 2.22. The SMILES string of the molecule is COc1ccc(-c2nc(CO/N=C(/N)c3cccc(CN4CCCCC4)c3)co2)cc1. The Morgan fingerprint density at radius 2 is 1.94 bits per heavy atom. The zero-order valence-electron chi connectivity index (χ0n) is 17.8. The molecule has 0 saturated carbocycles. The van der Waals surface area contributed by atoms with Crippen molar-refractivity contribution in [2.75, 3.05) is 20.2 Å². The predicted octanol–water partition coefficient (Wildman–Crippen LogP) is 4.17. The molecule has 1 aromatic heterocycles. The maximum absolute atomic E-state index is 6.14. The van der Waals surface area contributed by atoms with Gasteiger partial charge in [0.25, 0.3) is 0 Å². The summed E-state index contributed by atoms with van der Waals surface area (Å²) >= 11 is 0. The fourth-order valence-electron chi connectivity index (χ4n) is 3.66. The third kappa shape index (κ3) is 5.64. The predicted molar refractivity (Wildman–Crippen MR) is 120 cm³/mol. The van der Waals surface area contributed by atoms with Crippen LogP contribution in [0.3, 0.4) is 0 Å². The summed E-state index contributed by atoms with van der Waals surface area (Å²) < 4.78 is 10.7. The second-order valence-electron chi connectivity index (χ2n) is 7.66. The molecule has 0 atom stereocenters. The summed E-state index contributed by atoms with van der Waals surface area (Å²) in [5.41, 5.74) is 9.73. The van der Waals surface area contributed by atoms with Crippen LogP contribution in [0.1, 0.15) is 36.1 Å². The summed E-state index contributed by atoms with van der Waals surface area (Å²) in [5.74, 6) is 1.65. The first-order valence-electron chi connectivity index (χ1n) is 10.6. The van der Waals surface area contributed by atoms with Gasteiger partial charge in [-0.05, 0) is 61.8 Å². The molecular formula is C24H28N4O3. The topological polar surface area (TPSA) is 86.1 Å². The zero-order chi connectivity index (χ0) is 21.5. The number of rotatable bonds is 8. The molecular weight excluding hydrogens is 392 g/mol. The number of hydrogen-bond acceptors (Lipinski definition) is 6. The number of oxazole rings is 1. The highest BCUT2D eigenvalue weighted by atomic mass is 16.6. The monoisotopic (exact) mass is 420 g/mol. The van der Waals surface area contributed by atoms with Crippen LogP contribution >= 0.6 is 0 Å². The van der Waals surface area contributed by atoms with Crippen molar-refractivity contribution in [1.82, 2.24) is 9.88 Å². The van der Waals surface area contributed by atoms with E-state index in [2.05, 4.69) is 27.2 Å². The molecule has 162 valence electrons. The second-order valence-corrected chi connectivity index (χ2v) is 7.66. The molecule has 2 N–H and O–H groups in total. The molecule has 1 fully saturated rings. The third-order valence-corrected chi connectivity index (χ3v) is 5.34. The number of hydrogen-bond donors (Lipinski definition) is 1. The minimum atomic E-state index is 0.174. The number of likely N-dealkylation sites (tertiary alicyclic amines) is 1. The molecule has 2 heterocycles. The quantitative estimate of drug-likeness (QED) is 0.334. The van der Waals surface area contributed by atoms with Crippen LogP contribution < -0.4 is 10.5 Å². The summed E-state index contributed by atoms with van der Waals surface area (Å²) in [5, 5.41) is 4.06. The van der Waals surface area contributed by atoms with Crippen LogP contribution in [0.15, 0.2) is 64.4 Å². The molecule has 1 aliphatic heterocycles. The van der Waals surface area contributed by atoms with Crippen LogP contribution in [-0.4, -0.2) is 35.9 Å². The van der Waals surface area contributed by atoms with E-state index in [1.165, 1.54) is 24.8 Å². The van der Waals surface area contributed by atoms with E-state index < -0.39 is 0 Å². The summed E-state index contributed by atoms with van der Waals surface area (Å²) in [6, 6.07) is 15.7. The van der Waals surface area contributed by atoms with Gasteiger partial charge in [0.2, 0.25) is 5.89 Å². The first-order valence-corrected chi connectivity index (χ1v) is 10.6. The lowest BCUT2D eigenvalue weighted by atomic mass is 10.1. The standard InChI is InChI=1S/C24H28N4O3/c1-29-22-10-8-19(9-11-22)24-26-21(16-30-24)17-31-27-23(25)20-7-5-6-18(14-20)15-28-12-3-2-4-13-28/h5-11,14,16H,2-4,12-13,15,17H2,1H3,(H2,25,27). The van der Waals surface area contributed by atoms with Gasteiger partial charge in [-0.2, -0.15) is 0 Å². The Labute approximate surface area is 182 Å². The van der Waals surface area contributed by atoms with Gasteiger partial charge >= 0.3 is 0 Å². The molecule has 31 heavy (non-hydrogen) atoms. The molecule has 2 aromatic carbocycles. The molecule has 4 rings (SSSR count). The second kappa shape index (κ2) is 10.1. The van der Waals surface area contributed by atoms with Gasteiger partial charge in [-0.15, -0.1) is 0 Å². The van der Waals surface area contributed by atoms with E-state index in [0.717, 1.165) is 36.5 Å². The van der Waals surface area contributed by atoms with E-state index >= 15 is 0 Å². The van der Waals surface area contributed by atoms with Crippen LogP contribution in [0.2, 0.25) is 0 Å². The van der Waals surface area contributed by atoms with Crippen molar-refractivity contribution < 1.29 is 14.0 Å². The molecule has 0 aliphatic carbocycles. The van der Waals surface area contributed by atoms with E-state index in [9.17, 15) is 0 Å². The molecule has 1 aliphatic rings. The van der Waals surface area contributed by atoms with Crippen molar-refractivity contribution in [1.29, 1.82) is 0 Å². The maximum Gasteiger partial charge on any atom is 0.226 e. The number of benzene rings is 2. The fraction of sp³-hybridized carbons (Fsp3) is 0.333. The largest absolute Gasteiger partial charge is 0.497 e. The summed E-state index contributed by atoms with van der Waals surface area (Å²) in [6.45, 7) is 3.43. The average molecular weight is 421 g/mol. The number of aromatic nitrogens is 1. The smallest absolute Gasteiger partial charge is 0.226 e. The van der Waals surface area contributed by atoms with Gasteiger partial charge < -0.3 is 19.7 Å². The van der Waals surface area contributed by atoms with Gasteiger partial charge in [0.05, 0.1) is 7.11 Å². The number of nitrogens with zero attached hydrogens (tertiary/aromatic N) is 3. The highest BCUT2D eigenvalue weighted by molar-refractivity contribution is 5.97. The van der Waals surface area contributed by atoms with E-state index in [0.29, 0.717) is 17.4 Å². The van der Waals surface area contributed by atoms with E-state index in [4.69, 9.17) is 19.7 Å². The van der Waals surface area contributed by atoms with Crippen molar-refractivity contribution in [3.8, 4) is 17.2 Å². The van der Waals surface area contributed by atoms with Crippen molar-refractivity contribution in [3.05, 3.63) is 71.6 Å². The number of oxime groups is 1.